The molecule has 0 radical (unpaired) electrons. The van der Waals surface area contributed by atoms with E-state index in [-0.39, 0.29) is 11.9 Å². The van der Waals surface area contributed by atoms with Gasteiger partial charge in [0.05, 0.1) is 23.6 Å². The smallest absolute Gasteiger partial charge is 0.251 e. The minimum atomic E-state index is -0.169. The lowest BCUT2D eigenvalue weighted by molar-refractivity contribution is 0.0949. The highest BCUT2D eigenvalue weighted by molar-refractivity contribution is 5.95. The van der Waals surface area contributed by atoms with E-state index in [1.165, 1.54) is 0 Å². The third-order valence-electron chi connectivity index (χ3n) is 4.65. The maximum Gasteiger partial charge on any atom is 0.251 e. The van der Waals surface area contributed by atoms with Crippen LogP contribution in [0.5, 0.6) is 0 Å². The van der Waals surface area contributed by atoms with Gasteiger partial charge in [0.15, 0.2) is 5.82 Å². The van der Waals surface area contributed by atoms with Crippen LogP contribution < -0.4 is 5.32 Å². The van der Waals surface area contributed by atoms with Crippen LogP contribution in [0.25, 0.3) is 22.4 Å². The quantitative estimate of drug-likeness (QED) is 0.579. The Kier molecular flexibility index (Phi) is 4.60. The maximum atomic E-state index is 12.7. The predicted octanol–water partition coefficient (Wildman–Crippen LogP) is 2.74. The zero-order valence-electron chi connectivity index (χ0n) is 16.0. The summed E-state index contributed by atoms with van der Waals surface area (Å²) < 4.78 is 3.72. The molecule has 28 heavy (non-hydrogen) atoms. The molecule has 2 aromatic carbocycles. The second-order valence-corrected chi connectivity index (χ2v) is 6.88. The minimum Gasteiger partial charge on any atom is -0.345 e. The summed E-state index contributed by atoms with van der Waals surface area (Å²) >= 11 is 0. The first-order chi connectivity index (χ1) is 13.5. The lowest BCUT2D eigenvalue weighted by Crippen LogP contribution is -2.24. The Bertz CT molecular complexity index is 1140. The number of fused-ring (bicyclic) bond motifs is 1. The van der Waals surface area contributed by atoms with Crippen molar-refractivity contribution >= 4 is 16.9 Å². The summed E-state index contributed by atoms with van der Waals surface area (Å²) in [6, 6.07) is 15.3. The van der Waals surface area contributed by atoms with E-state index in [1.807, 2.05) is 61.9 Å². The third kappa shape index (κ3) is 3.24. The van der Waals surface area contributed by atoms with Crippen LogP contribution in [0.4, 0.5) is 0 Å². The Balaban J connectivity index is 1.54. The van der Waals surface area contributed by atoms with E-state index in [1.54, 1.807) is 16.8 Å². The number of hydrogen-bond acceptors (Lipinski definition) is 5. The average Bonchev–Trinajstić information content (AvgIpc) is 3.32. The van der Waals surface area contributed by atoms with Crippen LogP contribution in [-0.2, 0) is 13.6 Å². The Morgan fingerprint density at radius 2 is 1.96 bits per heavy atom. The number of nitrogens with zero attached hydrogens (tertiary/aromatic N) is 6. The molecule has 0 aliphatic heterocycles. The van der Waals surface area contributed by atoms with Gasteiger partial charge >= 0.3 is 0 Å². The maximum absolute atomic E-state index is 12.7. The number of benzene rings is 2. The summed E-state index contributed by atoms with van der Waals surface area (Å²) in [7, 11) is 1.95. The Morgan fingerprint density at radius 3 is 2.75 bits per heavy atom. The van der Waals surface area contributed by atoms with Gasteiger partial charge in [-0.3, -0.25) is 4.79 Å². The Hall–Kier alpha value is -3.55. The first-order valence-corrected chi connectivity index (χ1v) is 9.11. The van der Waals surface area contributed by atoms with Crippen molar-refractivity contribution in [3.8, 4) is 11.4 Å². The molecule has 2 heterocycles. The molecular formula is C20H21N7O. The van der Waals surface area contributed by atoms with Gasteiger partial charge in [-0.15, -0.1) is 5.10 Å². The van der Waals surface area contributed by atoms with Crippen LogP contribution in [-0.4, -0.2) is 35.7 Å². The van der Waals surface area contributed by atoms with Crippen molar-refractivity contribution in [3.05, 3.63) is 59.9 Å². The van der Waals surface area contributed by atoms with Gasteiger partial charge in [-0.05, 0) is 48.5 Å². The van der Waals surface area contributed by atoms with Gasteiger partial charge in [-0.1, -0.05) is 24.3 Å². The molecule has 0 saturated heterocycles. The summed E-state index contributed by atoms with van der Waals surface area (Å²) in [5.74, 6) is 1.27. The highest BCUT2D eigenvalue weighted by atomic mass is 16.1. The summed E-state index contributed by atoms with van der Waals surface area (Å²) in [6.07, 6.45) is 0. The molecule has 4 rings (SSSR count). The first-order valence-electron chi connectivity index (χ1n) is 9.11. The number of rotatable bonds is 5. The molecule has 0 fully saturated rings. The van der Waals surface area contributed by atoms with Crippen molar-refractivity contribution in [1.29, 1.82) is 0 Å². The number of para-hydroxylation sites is 2. The number of aromatic nitrogens is 6. The van der Waals surface area contributed by atoms with E-state index < -0.39 is 0 Å². The molecule has 8 heteroatoms. The number of carbonyl (C=O) groups is 1. The minimum absolute atomic E-state index is 0.125. The van der Waals surface area contributed by atoms with Crippen molar-refractivity contribution in [2.45, 2.75) is 26.4 Å². The van der Waals surface area contributed by atoms with Crippen molar-refractivity contribution in [2.24, 2.45) is 7.05 Å². The topological polar surface area (TPSA) is 90.5 Å². The van der Waals surface area contributed by atoms with Crippen molar-refractivity contribution in [2.75, 3.05) is 0 Å². The molecule has 2 aromatic heterocycles. The fraction of sp³-hybridized carbons (Fsp3) is 0.250. The number of amides is 1. The highest BCUT2D eigenvalue weighted by Crippen LogP contribution is 2.20. The van der Waals surface area contributed by atoms with Gasteiger partial charge in [0.2, 0.25) is 0 Å². The molecule has 1 N–H and O–H groups in total. The SMILES string of the molecule is CC(C)n1nnnc1-c1cccc(C(=O)NCc2nc3ccccc3n2C)c1. The largest absolute Gasteiger partial charge is 0.345 e. The van der Waals surface area contributed by atoms with Crippen molar-refractivity contribution in [1.82, 2.24) is 35.1 Å². The van der Waals surface area contributed by atoms with Crippen LogP contribution >= 0.6 is 0 Å². The van der Waals surface area contributed by atoms with Gasteiger partial charge in [-0.25, -0.2) is 9.67 Å². The number of imidazole rings is 1. The van der Waals surface area contributed by atoms with E-state index in [0.717, 1.165) is 22.4 Å². The number of nitrogens with one attached hydrogen (secondary N) is 1. The molecule has 0 saturated carbocycles. The molecule has 0 unspecified atom stereocenters. The Morgan fingerprint density at radius 1 is 1.14 bits per heavy atom. The molecule has 0 aliphatic rings. The van der Waals surface area contributed by atoms with E-state index in [0.29, 0.717) is 17.9 Å². The van der Waals surface area contributed by atoms with Gasteiger partial charge in [0, 0.05) is 18.2 Å². The summed E-state index contributed by atoms with van der Waals surface area (Å²) in [5, 5.41) is 14.8. The van der Waals surface area contributed by atoms with Gasteiger partial charge in [0.1, 0.15) is 5.82 Å². The molecule has 4 aromatic rings. The van der Waals surface area contributed by atoms with Crippen LogP contribution in [0.15, 0.2) is 48.5 Å². The normalized spacial score (nSPS) is 11.3. The van der Waals surface area contributed by atoms with Crippen LogP contribution in [0.3, 0.4) is 0 Å². The van der Waals surface area contributed by atoms with Crippen LogP contribution in [0.1, 0.15) is 36.1 Å². The highest BCUT2D eigenvalue weighted by Gasteiger charge is 2.14. The van der Waals surface area contributed by atoms with Crippen LogP contribution in [0, 0.1) is 0 Å². The second-order valence-electron chi connectivity index (χ2n) is 6.88. The number of tetrazole rings is 1. The summed E-state index contributed by atoms with van der Waals surface area (Å²) in [4.78, 5) is 17.3. The lowest BCUT2D eigenvalue weighted by atomic mass is 10.1. The molecule has 8 nitrogen and oxygen atoms in total. The van der Waals surface area contributed by atoms with Gasteiger partial charge in [-0.2, -0.15) is 0 Å². The first kappa shape index (κ1) is 17.8. The molecule has 1 amide bonds. The fourth-order valence-electron chi connectivity index (χ4n) is 3.15. The molecule has 0 bridgehead atoms. The van der Waals surface area contributed by atoms with Crippen molar-refractivity contribution in [3.63, 3.8) is 0 Å². The van der Waals surface area contributed by atoms with E-state index in [2.05, 4.69) is 25.8 Å². The van der Waals surface area contributed by atoms with E-state index in [4.69, 9.17) is 0 Å². The predicted molar refractivity (Wildman–Crippen MR) is 106 cm³/mol. The zero-order chi connectivity index (χ0) is 19.7. The summed E-state index contributed by atoms with van der Waals surface area (Å²) in [6.45, 7) is 4.36. The third-order valence-corrected chi connectivity index (χ3v) is 4.65. The number of carbonyl (C=O) groups excluding carboxylic acids is 1. The molecule has 0 atom stereocenters. The van der Waals surface area contributed by atoms with E-state index in [9.17, 15) is 4.79 Å². The second kappa shape index (κ2) is 7.22. The van der Waals surface area contributed by atoms with Gasteiger partial charge < -0.3 is 9.88 Å². The average molecular weight is 375 g/mol. The number of hydrogen-bond donors (Lipinski definition) is 1. The van der Waals surface area contributed by atoms with E-state index >= 15 is 0 Å². The van der Waals surface area contributed by atoms with Gasteiger partial charge in [0.25, 0.3) is 5.91 Å². The lowest BCUT2D eigenvalue weighted by Gasteiger charge is -2.09. The molecule has 142 valence electrons. The monoisotopic (exact) mass is 375 g/mol. The summed E-state index contributed by atoms with van der Waals surface area (Å²) in [5.41, 5.74) is 3.30. The Labute approximate surface area is 162 Å². The molecule has 0 aliphatic carbocycles. The molecule has 0 spiro atoms. The van der Waals surface area contributed by atoms with Crippen molar-refractivity contribution < 1.29 is 4.79 Å². The van der Waals surface area contributed by atoms with Crippen LogP contribution in [0.2, 0.25) is 0 Å². The fourth-order valence-corrected chi connectivity index (χ4v) is 3.15. The molecular weight excluding hydrogens is 354 g/mol. The zero-order valence-corrected chi connectivity index (χ0v) is 16.0. The number of aryl methyl sites for hydroxylation is 1. The standard InChI is InChI=1S/C20H21N7O/c1-13(2)27-19(23-24-25-27)14-7-6-8-15(11-14)20(28)21-12-18-22-16-9-4-5-10-17(16)26(18)3/h4-11,13H,12H2,1-3H3,(H,21,28).